The Labute approximate surface area is 162 Å². The standard InChI is InChI=1S/C9H2F18O3S.H3N/c10-1(3(13,14)15)2(11,12)4(16,17)5(18,19)6(20,21)7(22,23)8(24,25)9(26,27)31(28,29)30;/h1H,(H,28,29,30);1H3. The van der Waals surface area contributed by atoms with Crippen LogP contribution in [0.15, 0.2) is 0 Å². The number of hydrogen-bond donors (Lipinski definition) is 1. The summed E-state index contributed by atoms with van der Waals surface area (Å²) in [5.74, 6) is -52.1. The molecule has 0 bridgehead atoms. The molecule has 0 spiro atoms. The minimum absolute atomic E-state index is 0. The van der Waals surface area contributed by atoms with E-state index < -0.39 is 63.3 Å². The first-order valence-electron chi connectivity index (χ1n) is 6.21. The average molecular weight is 549 g/mol. The summed E-state index contributed by atoms with van der Waals surface area (Å²) in [5.41, 5.74) is 0. The number of hydrogen-bond acceptors (Lipinski definition) is 3. The summed E-state index contributed by atoms with van der Waals surface area (Å²) in [6, 6.07) is 0. The predicted molar refractivity (Wildman–Crippen MR) is 61.3 cm³/mol. The van der Waals surface area contributed by atoms with Gasteiger partial charge in [0.25, 0.3) is 6.17 Å². The van der Waals surface area contributed by atoms with E-state index in [4.69, 9.17) is 0 Å². The Hall–Kier alpha value is -1.39. The first kappa shape index (κ1) is 32.8. The van der Waals surface area contributed by atoms with Crippen molar-refractivity contribution < 1.29 is 92.0 Å². The van der Waals surface area contributed by atoms with Crippen molar-refractivity contribution >= 4 is 10.1 Å². The third-order valence-corrected chi connectivity index (χ3v) is 4.17. The van der Waals surface area contributed by atoms with Crippen molar-refractivity contribution in [3.05, 3.63) is 0 Å². The van der Waals surface area contributed by atoms with Crippen LogP contribution < -0.4 is 6.15 Å². The monoisotopic (exact) mass is 549 g/mol. The smallest absolute Gasteiger partial charge is 0.425 e. The fourth-order valence-corrected chi connectivity index (χ4v) is 1.95. The number of alkyl halides is 18. The molecule has 23 heteroatoms. The largest absolute Gasteiger partial charge is 0.743 e. The van der Waals surface area contributed by atoms with E-state index >= 15 is 0 Å². The maximum atomic E-state index is 13.2. The van der Waals surface area contributed by atoms with E-state index in [1.165, 1.54) is 0 Å². The van der Waals surface area contributed by atoms with Gasteiger partial charge in [-0.05, 0) is 0 Å². The lowest BCUT2D eigenvalue weighted by molar-refractivity contribution is -0.444. The van der Waals surface area contributed by atoms with Crippen molar-refractivity contribution in [3.63, 3.8) is 0 Å². The summed E-state index contributed by atoms with van der Waals surface area (Å²) in [5, 5.41) is -7.99. The normalized spacial score (nSPS) is 17.1. The summed E-state index contributed by atoms with van der Waals surface area (Å²) >= 11 is 0. The van der Waals surface area contributed by atoms with Gasteiger partial charge in [-0.1, -0.05) is 0 Å². The summed E-state index contributed by atoms with van der Waals surface area (Å²) in [7, 11) is -8.18. The lowest BCUT2D eigenvalue weighted by Crippen LogP contribution is -2.74. The molecule has 0 saturated carbocycles. The highest BCUT2D eigenvalue weighted by atomic mass is 32.2. The highest BCUT2D eigenvalue weighted by Gasteiger charge is 2.94. The Bertz CT molecular complexity index is 786. The summed E-state index contributed by atoms with van der Waals surface area (Å²) < 4.78 is 259. The zero-order chi connectivity index (χ0) is 26.1. The lowest BCUT2D eigenvalue weighted by atomic mass is 9.89. The van der Waals surface area contributed by atoms with Crippen LogP contribution in [-0.2, 0) is 10.1 Å². The van der Waals surface area contributed by atoms with E-state index in [1.807, 2.05) is 0 Å². The molecule has 1 unspecified atom stereocenters. The van der Waals surface area contributed by atoms with Gasteiger partial charge in [0.2, 0.25) is 0 Å². The van der Waals surface area contributed by atoms with Crippen molar-refractivity contribution in [2.45, 2.75) is 53.1 Å². The number of halogens is 18. The summed E-state index contributed by atoms with van der Waals surface area (Å²) in [6.07, 6.45) is -13.8. The first-order chi connectivity index (χ1) is 12.9. The molecule has 4 N–H and O–H groups in total. The molecule has 0 aliphatic heterocycles. The highest BCUT2D eigenvalue weighted by molar-refractivity contribution is 7.86. The van der Waals surface area contributed by atoms with Crippen molar-refractivity contribution in [1.82, 2.24) is 6.15 Å². The predicted octanol–water partition coefficient (Wildman–Crippen LogP) is 5.21. The zero-order valence-electron chi connectivity index (χ0n) is 14.0. The van der Waals surface area contributed by atoms with E-state index in [2.05, 4.69) is 0 Å². The van der Waals surface area contributed by atoms with Crippen LogP contribution in [0, 0.1) is 0 Å². The molecule has 0 radical (unpaired) electrons. The van der Waals surface area contributed by atoms with Crippen LogP contribution >= 0.6 is 0 Å². The van der Waals surface area contributed by atoms with E-state index in [9.17, 15) is 92.0 Å². The van der Waals surface area contributed by atoms with Crippen LogP contribution in [0.1, 0.15) is 0 Å². The number of rotatable bonds is 8. The maximum Gasteiger partial charge on any atom is 0.425 e. The van der Waals surface area contributed by atoms with Gasteiger partial charge in [0, 0.05) is 0 Å². The molecular weight excluding hydrogens is 544 g/mol. The fourth-order valence-electron chi connectivity index (χ4n) is 1.51. The van der Waals surface area contributed by atoms with Gasteiger partial charge in [-0.2, -0.15) is 74.6 Å². The molecule has 0 fully saturated rings. The molecule has 0 aromatic heterocycles. The van der Waals surface area contributed by atoms with Gasteiger partial charge < -0.3 is 10.7 Å². The van der Waals surface area contributed by atoms with Crippen LogP contribution in [0.5, 0.6) is 0 Å². The molecule has 0 rings (SSSR count). The molecule has 0 aliphatic rings. The van der Waals surface area contributed by atoms with Crippen molar-refractivity contribution in [3.8, 4) is 0 Å². The Morgan fingerprint density at radius 1 is 0.531 bits per heavy atom. The molecule has 32 heavy (non-hydrogen) atoms. The van der Waals surface area contributed by atoms with Gasteiger partial charge in [0.1, 0.15) is 0 Å². The Morgan fingerprint density at radius 3 is 1.03 bits per heavy atom. The lowest BCUT2D eigenvalue weighted by Gasteiger charge is -2.43. The molecule has 0 heterocycles. The Kier molecular flexibility index (Phi) is 8.03. The van der Waals surface area contributed by atoms with Gasteiger partial charge in [-0.15, -0.1) is 0 Å². The quantitative estimate of drug-likeness (QED) is 0.333. The van der Waals surface area contributed by atoms with Gasteiger partial charge in [-0.3, -0.25) is 0 Å². The van der Waals surface area contributed by atoms with Crippen molar-refractivity contribution in [2.75, 3.05) is 0 Å². The van der Waals surface area contributed by atoms with Crippen LogP contribution in [0.2, 0.25) is 0 Å². The molecule has 0 aromatic rings. The molecule has 4 nitrogen and oxygen atoms in total. The van der Waals surface area contributed by atoms with E-state index in [-0.39, 0.29) is 6.15 Å². The Balaban J connectivity index is 0. The van der Waals surface area contributed by atoms with Crippen LogP contribution in [0.4, 0.5) is 79.0 Å². The molecule has 0 saturated heterocycles. The minimum atomic E-state index is -8.96. The molecule has 0 aromatic carbocycles. The zero-order valence-corrected chi connectivity index (χ0v) is 14.8. The first-order valence-corrected chi connectivity index (χ1v) is 7.62. The van der Waals surface area contributed by atoms with Gasteiger partial charge >= 0.3 is 47.0 Å². The molecule has 196 valence electrons. The second-order valence-corrected chi connectivity index (χ2v) is 6.79. The SMILES string of the molecule is O=S(=O)([O-])C(F)(F)C(F)(F)C(F)(F)C(F)(F)C(F)(F)C(F)(F)C(F)(F)C(F)C(F)(F)F.[NH4+]. The van der Waals surface area contributed by atoms with E-state index in [0.29, 0.717) is 0 Å². The van der Waals surface area contributed by atoms with E-state index in [1.54, 1.807) is 0 Å². The molecular formula is C9H5F18NO3S. The third kappa shape index (κ3) is 4.03. The second-order valence-electron chi connectivity index (χ2n) is 5.37. The van der Waals surface area contributed by atoms with Crippen LogP contribution in [0.3, 0.4) is 0 Å². The number of quaternary nitrogens is 1. The molecule has 0 aliphatic carbocycles. The Morgan fingerprint density at radius 2 is 0.781 bits per heavy atom. The molecule has 0 amide bonds. The summed E-state index contributed by atoms with van der Waals surface area (Å²) in [6.45, 7) is 0. The van der Waals surface area contributed by atoms with E-state index in [0.717, 1.165) is 0 Å². The summed E-state index contributed by atoms with van der Waals surface area (Å²) in [4.78, 5) is 0. The third-order valence-electron chi connectivity index (χ3n) is 3.28. The van der Waals surface area contributed by atoms with Gasteiger partial charge in [0.15, 0.2) is 10.1 Å². The van der Waals surface area contributed by atoms with Gasteiger partial charge in [0.05, 0.1) is 0 Å². The second kappa shape index (κ2) is 7.84. The minimum Gasteiger partial charge on any atom is -0.743 e. The van der Waals surface area contributed by atoms with Crippen molar-refractivity contribution in [1.29, 1.82) is 0 Å². The highest BCUT2D eigenvalue weighted by Crippen LogP contribution is 2.63. The van der Waals surface area contributed by atoms with Crippen LogP contribution in [0.25, 0.3) is 0 Å². The van der Waals surface area contributed by atoms with Crippen molar-refractivity contribution in [2.24, 2.45) is 0 Å². The average Bonchev–Trinajstić information content (AvgIpc) is 2.50. The molecule has 1 atom stereocenters. The maximum absolute atomic E-state index is 13.2. The van der Waals surface area contributed by atoms with Crippen LogP contribution in [-0.4, -0.2) is 66.1 Å². The topological polar surface area (TPSA) is 93.7 Å². The fraction of sp³-hybridized carbons (Fsp3) is 1.00. The van der Waals surface area contributed by atoms with Gasteiger partial charge in [-0.25, -0.2) is 12.8 Å².